The van der Waals surface area contributed by atoms with Gasteiger partial charge in [0.2, 0.25) is 0 Å². The maximum absolute atomic E-state index is 14.0. The Bertz CT molecular complexity index is 1370. The Kier molecular flexibility index (Phi) is 6.56. The van der Waals surface area contributed by atoms with Crippen LogP contribution in [0.3, 0.4) is 0 Å². The second kappa shape index (κ2) is 10.0. The van der Waals surface area contributed by atoms with Crippen LogP contribution in [0, 0.1) is 5.82 Å². The summed E-state index contributed by atoms with van der Waals surface area (Å²) < 4.78 is 20.0. The second-order valence-corrected chi connectivity index (χ2v) is 11.0. The largest absolute Gasteiger partial charge is 0.489 e. The molecule has 0 N–H and O–H groups in total. The van der Waals surface area contributed by atoms with Gasteiger partial charge < -0.3 is 9.64 Å². The monoisotopic (exact) mass is 515 g/mol. The minimum Gasteiger partial charge on any atom is -0.489 e. The molecule has 0 aromatic heterocycles. The zero-order valence-electron chi connectivity index (χ0n) is 22.0. The first-order valence-electron chi connectivity index (χ1n) is 13.8. The fraction of sp³-hybridized carbons (Fsp3) is 0.419. The van der Waals surface area contributed by atoms with Crippen molar-refractivity contribution in [2.45, 2.75) is 57.7 Å². The smallest absolute Gasteiger partial charge is 0.262 e. The lowest BCUT2D eigenvalue weighted by Gasteiger charge is -2.43. The van der Waals surface area contributed by atoms with Gasteiger partial charge in [-0.05, 0) is 80.6 Å². The molecule has 1 aliphatic carbocycles. The Hall–Kier alpha value is -3.45. The zero-order valence-corrected chi connectivity index (χ0v) is 22.0. The minimum atomic E-state index is -0.402. The first-order valence-corrected chi connectivity index (χ1v) is 13.8. The number of para-hydroxylation sites is 2. The highest BCUT2D eigenvalue weighted by molar-refractivity contribution is 6.26. The molecule has 0 radical (unpaired) electrons. The molecule has 0 spiro atoms. The molecule has 3 aromatic rings. The van der Waals surface area contributed by atoms with Crippen molar-refractivity contribution in [3.63, 3.8) is 0 Å². The predicted octanol–water partition coefficient (Wildman–Crippen LogP) is 5.50. The lowest BCUT2D eigenvalue weighted by molar-refractivity contribution is 0.0491. The number of rotatable bonds is 5. The van der Waals surface area contributed by atoms with Gasteiger partial charge in [0.1, 0.15) is 11.6 Å². The van der Waals surface area contributed by atoms with E-state index < -0.39 is 5.82 Å². The van der Waals surface area contributed by atoms with E-state index in [0.29, 0.717) is 22.6 Å². The Morgan fingerprint density at radius 2 is 1.53 bits per heavy atom. The van der Waals surface area contributed by atoms with Crippen LogP contribution in [0.1, 0.15) is 60.2 Å². The third kappa shape index (κ3) is 4.43. The van der Waals surface area contributed by atoms with Crippen LogP contribution >= 0.6 is 0 Å². The molecule has 2 aliphatic heterocycles. The number of imide groups is 1. The summed E-state index contributed by atoms with van der Waals surface area (Å²) in [5, 5.41) is 1.30. The number of hydrogen-bond acceptors (Lipinski definition) is 5. The van der Waals surface area contributed by atoms with Crippen LogP contribution in [0.15, 0.2) is 54.6 Å². The van der Waals surface area contributed by atoms with Crippen molar-refractivity contribution < 1.29 is 18.7 Å². The molecule has 0 bridgehead atoms. The molecule has 1 saturated heterocycles. The summed E-state index contributed by atoms with van der Waals surface area (Å²) in [5.41, 5.74) is 1.91. The van der Waals surface area contributed by atoms with Crippen LogP contribution in [0.4, 0.5) is 10.1 Å². The molecular weight excluding hydrogens is 481 g/mol. The summed E-state index contributed by atoms with van der Waals surface area (Å²) in [6.07, 6.45) is 3.65. The SMILES string of the molecule is CC(C)Oc1ccccc1N1CCN([C@H]2CC[C@H](N3C(=O)c4ccc5ccc(F)cc5c4C3=O)CC2)CC1. The Balaban J connectivity index is 1.09. The number of piperazine rings is 1. The highest BCUT2D eigenvalue weighted by atomic mass is 19.1. The van der Waals surface area contributed by atoms with Crippen molar-refractivity contribution in [2.24, 2.45) is 0 Å². The van der Waals surface area contributed by atoms with E-state index in [1.165, 1.54) is 17.0 Å². The van der Waals surface area contributed by atoms with Gasteiger partial charge in [0, 0.05) is 38.3 Å². The summed E-state index contributed by atoms with van der Waals surface area (Å²) in [6.45, 7) is 7.96. The quantitative estimate of drug-likeness (QED) is 0.421. The summed E-state index contributed by atoms with van der Waals surface area (Å²) in [7, 11) is 0. The summed E-state index contributed by atoms with van der Waals surface area (Å²) in [4.78, 5) is 33.1. The van der Waals surface area contributed by atoms with Crippen LogP contribution in [0.2, 0.25) is 0 Å². The molecule has 6 nitrogen and oxygen atoms in total. The molecule has 7 heteroatoms. The van der Waals surface area contributed by atoms with Crippen LogP contribution in [0.25, 0.3) is 10.8 Å². The highest BCUT2D eigenvalue weighted by Gasteiger charge is 2.42. The van der Waals surface area contributed by atoms with E-state index in [1.54, 1.807) is 18.2 Å². The van der Waals surface area contributed by atoms with Gasteiger partial charge in [-0.1, -0.05) is 24.3 Å². The number of anilines is 1. The molecular formula is C31H34FN3O3. The number of halogens is 1. The Morgan fingerprint density at radius 1 is 0.842 bits per heavy atom. The van der Waals surface area contributed by atoms with Crippen molar-refractivity contribution in [3.05, 3.63) is 71.5 Å². The topological polar surface area (TPSA) is 53.1 Å². The first kappa shape index (κ1) is 24.9. The Morgan fingerprint density at radius 3 is 2.26 bits per heavy atom. The molecule has 3 aliphatic rings. The maximum atomic E-state index is 14.0. The van der Waals surface area contributed by atoms with Gasteiger partial charge in [0.15, 0.2) is 0 Å². The molecule has 1 saturated carbocycles. The van der Waals surface area contributed by atoms with Crippen molar-refractivity contribution in [1.29, 1.82) is 0 Å². The van der Waals surface area contributed by atoms with E-state index in [4.69, 9.17) is 4.74 Å². The fourth-order valence-corrected chi connectivity index (χ4v) is 6.46. The number of benzene rings is 3. The second-order valence-electron chi connectivity index (χ2n) is 11.0. The maximum Gasteiger partial charge on any atom is 0.262 e. The lowest BCUT2D eigenvalue weighted by atomic mass is 9.89. The van der Waals surface area contributed by atoms with Gasteiger partial charge in [-0.15, -0.1) is 0 Å². The predicted molar refractivity (Wildman–Crippen MR) is 146 cm³/mol. The summed E-state index contributed by atoms with van der Waals surface area (Å²) in [5.74, 6) is 0.0186. The number of hydrogen-bond donors (Lipinski definition) is 0. The van der Waals surface area contributed by atoms with Crippen LogP contribution in [-0.4, -0.2) is 66.0 Å². The molecule has 38 heavy (non-hydrogen) atoms. The number of amides is 2. The molecule has 0 unspecified atom stereocenters. The fourth-order valence-electron chi connectivity index (χ4n) is 6.46. The highest BCUT2D eigenvalue weighted by Crippen LogP contribution is 2.36. The molecule has 198 valence electrons. The van der Waals surface area contributed by atoms with Gasteiger partial charge in [-0.25, -0.2) is 4.39 Å². The molecule has 6 rings (SSSR count). The van der Waals surface area contributed by atoms with Gasteiger partial charge in [0.05, 0.1) is 22.9 Å². The van der Waals surface area contributed by atoms with Crippen molar-refractivity contribution >= 4 is 28.3 Å². The van der Waals surface area contributed by atoms with Crippen LogP contribution in [-0.2, 0) is 0 Å². The number of carbonyl (C=O) groups is 2. The van der Waals surface area contributed by atoms with Gasteiger partial charge >= 0.3 is 0 Å². The molecule has 3 aromatic carbocycles. The number of ether oxygens (including phenoxy) is 1. The van der Waals surface area contributed by atoms with Gasteiger partial charge in [-0.3, -0.25) is 19.4 Å². The molecule has 0 atom stereocenters. The van der Waals surface area contributed by atoms with Crippen LogP contribution in [0.5, 0.6) is 5.75 Å². The summed E-state index contributed by atoms with van der Waals surface area (Å²) >= 11 is 0. The normalized spacial score (nSPS) is 22.4. The van der Waals surface area contributed by atoms with Gasteiger partial charge in [-0.2, -0.15) is 0 Å². The number of fused-ring (bicyclic) bond motifs is 3. The first-order chi connectivity index (χ1) is 18.4. The minimum absolute atomic E-state index is 0.108. The van der Waals surface area contributed by atoms with E-state index in [1.807, 2.05) is 12.1 Å². The van der Waals surface area contributed by atoms with E-state index in [-0.39, 0.29) is 24.0 Å². The molecule has 2 heterocycles. The lowest BCUT2D eigenvalue weighted by Crippen LogP contribution is -2.52. The third-order valence-corrected chi connectivity index (χ3v) is 8.30. The van der Waals surface area contributed by atoms with Gasteiger partial charge in [0.25, 0.3) is 11.8 Å². The number of nitrogens with zero attached hydrogens (tertiary/aromatic N) is 3. The molecule has 2 amide bonds. The zero-order chi connectivity index (χ0) is 26.4. The van der Waals surface area contributed by atoms with E-state index in [9.17, 15) is 14.0 Å². The summed E-state index contributed by atoms with van der Waals surface area (Å²) in [6, 6.07) is 16.5. The standard InChI is InChI=1S/C31H34FN3O3/c1-20(2)38-28-6-4-3-5-27(28)34-17-15-33(16-18-34)23-10-12-24(13-11-23)35-30(36)25-14-8-21-7-9-22(32)19-26(21)29(25)31(35)37/h3-9,14,19-20,23-24H,10-13,15-18H2,1-2H3/t23-,24-. The van der Waals surface area contributed by atoms with E-state index in [0.717, 1.165) is 68.7 Å². The molecule has 2 fully saturated rings. The average molecular weight is 516 g/mol. The number of carbonyl (C=O) groups excluding carboxylic acids is 2. The van der Waals surface area contributed by atoms with E-state index in [2.05, 4.69) is 35.8 Å². The van der Waals surface area contributed by atoms with Crippen molar-refractivity contribution in [3.8, 4) is 5.75 Å². The third-order valence-electron chi connectivity index (χ3n) is 8.30. The van der Waals surface area contributed by atoms with Crippen molar-refractivity contribution in [2.75, 3.05) is 31.1 Å². The Labute approximate surface area is 223 Å². The average Bonchev–Trinajstić information content (AvgIpc) is 3.18. The van der Waals surface area contributed by atoms with E-state index >= 15 is 0 Å². The van der Waals surface area contributed by atoms with Crippen molar-refractivity contribution in [1.82, 2.24) is 9.80 Å². The van der Waals surface area contributed by atoms with Crippen LogP contribution < -0.4 is 9.64 Å².